The van der Waals surface area contributed by atoms with Gasteiger partial charge in [-0.1, -0.05) is 96.8 Å². The van der Waals surface area contributed by atoms with Gasteiger partial charge in [0.15, 0.2) is 0 Å². The van der Waals surface area contributed by atoms with E-state index in [4.69, 9.17) is 15.1 Å². The zero-order valence-corrected chi connectivity index (χ0v) is 18.1. The molecule has 0 rings (SSSR count). The van der Waals surface area contributed by atoms with Crippen molar-refractivity contribution in [2.75, 3.05) is 0 Å². The monoisotopic (exact) mass is 435 g/mol. The molecule has 0 N–H and O–H groups in total. The molecule has 0 aromatic carbocycles. The SMILES string of the molecule is CCCCCCCCCCCCCCCCCC(=O)[O-].[Nb+4].[O-]B([O-])[O-]. The molecule has 0 amide bonds. The Morgan fingerprint density at radius 1 is 0.640 bits per heavy atom. The van der Waals surface area contributed by atoms with Crippen molar-refractivity contribution in [3.8, 4) is 0 Å². The average Bonchev–Trinajstić information content (AvgIpc) is 2.50. The van der Waals surface area contributed by atoms with E-state index in [1.165, 1.54) is 83.5 Å². The summed E-state index contributed by atoms with van der Waals surface area (Å²) in [5.41, 5.74) is 0. The van der Waals surface area contributed by atoms with Crippen LogP contribution < -0.4 is 20.2 Å². The second-order valence-corrected chi connectivity index (χ2v) is 6.36. The van der Waals surface area contributed by atoms with Gasteiger partial charge in [-0.25, -0.2) is 0 Å². The standard InChI is InChI=1S/C18H36O2.BO3.Nb/c1-2-3-4-5-6-7-8-9-10-11-12-13-14-15-16-17-18(19)20;2-1(3)4;/h2-17H2,1H3,(H,19,20);;/q;-3;+4/p-1. The molecule has 0 aromatic rings. The number of aliphatic carboxylic acids is 1. The van der Waals surface area contributed by atoms with E-state index >= 15 is 0 Å². The normalized spacial score (nSPS) is 9.76. The second-order valence-electron chi connectivity index (χ2n) is 6.36. The molecule has 1 radical (unpaired) electrons. The Bertz CT molecular complexity index is 253. The van der Waals surface area contributed by atoms with Gasteiger partial charge in [0.2, 0.25) is 0 Å². The van der Waals surface area contributed by atoms with Crippen LogP contribution in [0.25, 0.3) is 0 Å². The fraction of sp³-hybridized carbons (Fsp3) is 0.944. The molecule has 0 aliphatic carbocycles. The van der Waals surface area contributed by atoms with E-state index in [-0.39, 0.29) is 28.8 Å². The molecule has 0 unspecified atom stereocenters. The van der Waals surface area contributed by atoms with Gasteiger partial charge in [0.1, 0.15) is 0 Å². The number of carbonyl (C=O) groups excluding carboxylic acids is 1. The minimum absolute atomic E-state index is 0. The molecule has 0 saturated carbocycles. The van der Waals surface area contributed by atoms with Crippen LogP contribution >= 0.6 is 0 Å². The smallest absolute Gasteiger partial charge is 0.907 e. The Morgan fingerprint density at radius 3 is 1.12 bits per heavy atom. The zero-order valence-electron chi connectivity index (χ0n) is 15.9. The molecule has 145 valence electrons. The van der Waals surface area contributed by atoms with Crippen molar-refractivity contribution in [2.45, 2.75) is 110 Å². The summed E-state index contributed by atoms with van der Waals surface area (Å²) < 4.78 is 0. The quantitative estimate of drug-likeness (QED) is 0.266. The van der Waals surface area contributed by atoms with Crippen molar-refractivity contribution in [3.05, 3.63) is 0 Å². The summed E-state index contributed by atoms with van der Waals surface area (Å²) in [6.07, 6.45) is 19.9. The molecule has 0 spiro atoms. The van der Waals surface area contributed by atoms with Gasteiger partial charge in [-0.15, -0.1) is 0 Å². The number of unbranched alkanes of at least 4 members (excludes halogenated alkanes) is 14. The molecule has 0 aromatic heterocycles. The summed E-state index contributed by atoms with van der Waals surface area (Å²) in [7, 11) is -2.92. The summed E-state index contributed by atoms with van der Waals surface area (Å²) >= 11 is 0. The largest absolute Gasteiger partial charge is 4.00 e. The van der Waals surface area contributed by atoms with Gasteiger partial charge in [-0.2, -0.15) is 0 Å². The number of hydrogen-bond donors (Lipinski definition) is 0. The van der Waals surface area contributed by atoms with E-state index in [0.717, 1.165) is 12.8 Å². The molecule has 0 fully saturated rings. The van der Waals surface area contributed by atoms with E-state index in [9.17, 15) is 9.90 Å². The number of rotatable bonds is 16. The topological polar surface area (TPSA) is 109 Å². The van der Waals surface area contributed by atoms with Crippen LogP contribution in [0, 0.1) is 0 Å². The fourth-order valence-electron chi connectivity index (χ4n) is 2.64. The van der Waals surface area contributed by atoms with Gasteiger partial charge in [0.05, 0.1) is 0 Å². The molecule has 0 heterocycles. The van der Waals surface area contributed by atoms with Crippen molar-refractivity contribution < 1.29 is 47.4 Å². The van der Waals surface area contributed by atoms with Gasteiger partial charge >= 0.3 is 22.4 Å². The van der Waals surface area contributed by atoms with Crippen molar-refractivity contribution in [1.29, 1.82) is 0 Å². The fourth-order valence-corrected chi connectivity index (χ4v) is 2.64. The van der Waals surface area contributed by atoms with Crippen LogP contribution in [0.1, 0.15) is 110 Å². The first kappa shape index (κ1) is 29.9. The van der Waals surface area contributed by atoms with Crippen LogP contribution in [0.5, 0.6) is 0 Å². The van der Waals surface area contributed by atoms with Crippen LogP contribution in [-0.4, -0.2) is 13.3 Å². The molecule has 0 bridgehead atoms. The Balaban J connectivity index is -0.000000867. The number of carboxylic acids is 1. The van der Waals surface area contributed by atoms with Gasteiger partial charge in [0, 0.05) is 5.97 Å². The Morgan fingerprint density at radius 2 is 0.880 bits per heavy atom. The predicted molar refractivity (Wildman–Crippen MR) is 90.3 cm³/mol. The third kappa shape index (κ3) is 40.3. The van der Waals surface area contributed by atoms with Crippen LogP contribution in [0.3, 0.4) is 0 Å². The van der Waals surface area contributed by atoms with Crippen molar-refractivity contribution >= 4 is 13.3 Å². The van der Waals surface area contributed by atoms with Crippen molar-refractivity contribution in [3.63, 3.8) is 0 Å². The molecular formula is C18H35BNbO5. The minimum atomic E-state index is -2.92. The van der Waals surface area contributed by atoms with Crippen LogP contribution in [0.4, 0.5) is 0 Å². The van der Waals surface area contributed by atoms with E-state index in [2.05, 4.69) is 6.92 Å². The Labute approximate surface area is 170 Å². The van der Waals surface area contributed by atoms with E-state index in [1.54, 1.807) is 0 Å². The predicted octanol–water partition coefficient (Wildman–Crippen LogP) is 1.05. The zero-order chi connectivity index (χ0) is 18.5. The summed E-state index contributed by atoms with van der Waals surface area (Å²) in [6, 6.07) is 0. The molecular weight excluding hydrogens is 400 g/mol. The first-order valence-corrected chi connectivity index (χ1v) is 9.68. The number of carboxylic acid groups (broad SMARTS) is 1. The first-order valence-electron chi connectivity index (χ1n) is 9.68. The van der Waals surface area contributed by atoms with Gasteiger partial charge in [-0.05, 0) is 12.8 Å². The van der Waals surface area contributed by atoms with Crippen LogP contribution in [-0.2, 0) is 27.2 Å². The summed E-state index contributed by atoms with van der Waals surface area (Å²) in [5, 5.41) is 35.5. The van der Waals surface area contributed by atoms with Gasteiger partial charge < -0.3 is 25.0 Å². The molecule has 0 aliphatic rings. The maximum Gasteiger partial charge on any atom is 4.00 e. The maximum absolute atomic E-state index is 10.2. The maximum atomic E-state index is 10.2. The molecule has 0 aliphatic heterocycles. The van der Waals surface area contributed by atoms with Crippen molar-refractivity contribution in [2.24, 2.45) is 0 Å². The van der Waals surface area contributed by atoms with E-state index in [0.29, 0.717) is 0 Å². The molecule has 7 heteroatoms. The average molecular weight is 435 g/mol. The molecule has 5 nitrogen and oxygen atoms in total. The Hall–Kier alpha value is 0.155. The number of hydrogen-bond acceptors (Lipinski definition) is 5. The van der Waals surface area contributed by atoms with Crippen LogP contribution in [0.2, 0.25) is 0 Å². The summed E-state index contributed by atoms with van der Waals surface area (Å²) in [4.78, 5) is 10.2. The summed E-state index contributed by atoms with van der Waals surface area (Å²) in [6.45, 7) is 2.27. The molecule has 25 heavy (non-hydrogen) atoms. The van der Waals surface area contributed by atoms with Gasteiger partial charge in [-0.3, -0.25) is 7.32 Å². The molecule has 0 atom stereocenters. The second kappa shape index (κ2) is 26.4. The summed E-state index contributed by atoms with van der Waals surface area (Å²) in [5.74, 6) is -0.903. The van der Waals surface area contributed by atoms with E-state index in [1.807, 2.05) is 0 Å². The van der Waals surface area contributed by atoms with Gasteiger partial charge in [0.25, 0.3) is 0 Å². The van der Waals surface area contributed by atoms with Crippen molar-refractivity contribution in [1.82, 2.24) is 0 Å². The number of carbonyl (C=O) groups is 1. The van der Waals surface area contributed by atoms with E-state index < -0.39 is 13.3 Å². The third-order valence-electron chi connectivity index (χ3n) is 3.98. The minimum Gasteiger partial charge on any atom is -0.907 e. The van der Waals surface area contributed by atoms with Crippen LogP contribution in [0.15, 0.2) is 0 Å². The Kier molecular flexibility index (Phi) is 31.6. The molecule has 0 saturated heterocycles. The third-order valence-corrected chi connectivity index (χ3v) is 3.98. The first-order chi connectivity index (χ1) is 11.5.